The predicted octanol–water partition coefficient (Wildman–Crippen LogP) is 2.81. The van der Waals surface area contributed by atoms with Gasteiger partial charge >= 0.3 is 6.18 Å². The van der Waals surface area contributed by atoms with Gasteiger partial charge in [-0.2, -0.15) is 13.2 Å². The van der Waals surface area contributed by atoms with Crippen molar-refractivity contribution in [2.24, 2.45) is 4.99 Å². The van der Waals surface area contributed by atoms with Crippen LogP contribution in [-0.4, -0.2) is 56.7 Å². The van der Waals surface area contributed by atoms with Gasteiger partial charge < -0.3 is 9.80 Å². The molecule has 0 aromatic heterocycles. The Bertz CT molecular complexity index is 429. The number of halogens is 3. The summed E-state index contributed by atoms with van der Waals surface area (Å²) in [6.07, 6.45) is -4.31. The lowest BCUT2D eigenvalue weighted by atomic mass is 9.99. The minimum Gasteiger partial charge on any atom is -0.349 e. The number of rotatable bonds is 3. The van der Waals surface area contributed by atoms with E-state index in [2.05, 4.69) is 4.99 Å². The summed E-state index contributed by atoms with van der Waals surface area (Å²) in [6, 6.07) is 7.88. The number of aliphatic imine (C=N–C) groups is 1. The zero-order valence-electron chi connectivity index (χ0n) is 12.1. The van der Waals surface area contributed by atoms with Crippen molar-refractivity contribution in [2.45, 2.75) is 12.1 Å². The summed E-state index contributed by atoms with van der Waals surface area (Å²) < 4.78 is 39.5. The van der Waals surface area contributed by atoms with Crippen LogP contribution in [0.15, 0.2) is 35.3 Å². The first-order chi connectivity index (χ1) is 9.23. The number of guanidine groups is 1. The molecule has 0 spiro atoms. The summed E-state index contributed by atoms with van der Waals surface area (Å²) in [4.78, 5) is 7.50. The smallest absolute Gasteiger partial charge is 0.349 e. The monoisotopic (exact) mass is 287 g/mol. The largest absolute Gasteiger partial charge is 0.397 e. The van der Waals surface area contributed by atoms with Crippen LogP contribution in [-0.2, 0) is 0 Å². The van der Waals surface area contributed by atoms with Crippen LogP contribution in [0, 0.1) is 0 Å². The second-order valence-electron chi connectivity index (χ2n) is 4.93. The minimum absolute atomic E-state index is 0.237. The maximum atomic E-state index is 13.2. The molecule has 0 bridgehead atoms. The van der Waals surface area contributed by atoms with Crippen molar-refractivity contribution in [3.8, 4) is 0 Å². The van der Waals surface area contributed by atoms with E-state index in [9.17, 15) is 13.2 Å². The molecular weight excluding hydrogens is 267 g/mol. The Labute approximate surface area is 117 Å². The Morgan fingerprint density at radius 1 is 1.05 bits per heavy atom. The average Bonchev–Trinajstić information content (AvgIpc) is 2.33. The predicted molar refractivity (Wildman–Crippen MR) is 74.9 cm³/mol. The Morgan fingerprint density at radius 2 is 1.55 bits per heavy atom. The van der Waals surface area contributed by atoms with E-state index < -0.39 is 12.1 Å². The van der Waals surface area contributed by atoms with Crippen LogP contribution in [0.1, 0.15) is 11.5 Å². The number of nitrogens with zero attached hydrogens (tertiary/aromatic N) is 3. The van der Waals surface area contributed by atoms with Crippen LogP contribution in [0.3, 0.4) is 0 Å². The third-order valence-electron chi connectivity index (χ3n) is 2.81. The van der Waals surface area contributed by atoms with Gasteiger partial charge in [0.2, 0.25) is 0 Å². The van der Waals surface area contributed by atoms with Crippen LogP contribution in [0.25, 0.3) is 0 Å². The molecule has 1 unspecified atom stereocenters. The molecule has 6 heteroatoms. The maximum absolute atomic E-state index is 13.2. The van der Waals surface area contributed by atoms with Gasteiger partial charge in [-0.25, -0.2) is 0 Å². The fourth-order valence-corrected chi connectivity index (χ4v) is 1.94. The van der Waals surface area contributed by atoms with E-state index in [1.165, 1.54) is 12.1 Å². The van der Waals surface area contributed by atoms with Crippen LogP contribution >= 0.6 is 0 Å². The molecule has 0 saturated heterocycles. The number of hydrogen-bond acceptors (Lipinski definition) is 1. The van der Waals surface area contributed by atoms with Crippen molar-refractivity contribution in [3.63, 3.8) is 0 Å². The van der Waals surface area contributed by atoms with Crippen molar-refractivity contribution in [1.82, 2.24) is 9.80 Å². The third-order valence-corrected chi connectivity index (χ3v) is 2.81. The SMILES string of the molecule is CN(C)C(=NCC(c1ccccc1)C(F)(F)F)N(C)C. The van der Waals surface area contributed by atoms with E-state index in [0.717, 1.165) is 0 Å². The van der Waals surface area contributed by atoms with Crippen LogP contribution in [0.4, 0.5) is 13.2 Å². The molecule has 1 atom stereocenters. The van der Waals surface area contributed by atoms with Gasteiger partial charge in [-0.1, -0.05) is 30.3 Å². The molecule has 3 nitrogen and oxygen atoms in total. The first kappa shape index (κ1) is 16.3. The molecule has 1 aromatic carbocycles. The fraction of sp³-hybridized carbons (Fsp3) is 0.500. The lowest BCUT2D eigenvalue weighted by molar-refractivity contribution is -0.148. The average molecular weight is 287 g/mol. The summed E-state index contributed by atoms with van der Waals surface area (Å²) in [6.45, 7) is -0.320. The summed E-state index contributed by atoms with van der Waals surface area (Å²) in [5.74, 6) is -1.08. The highest BCUT2D eigenvalue weighted by Gasteiger charge is 2.40. The van der Waals surface area contributed by atoms with E-state index in [0.29, 0.717) is 5.96 Å². The van der Waals surface area contributed by atoms with Gasteiger partial charge in [-0.3, -0.25) is 4.99 Å². The van der Waals surface area contributed by atoms with Gasteiger partial charge in [-0.15, -0.1) is 0 Å². The van der Waals surface area contributed by atoms with E-state index in [1.807, 2.05) is 0 Å². The lowest BCUT2D eigenvalue weighted by Gasteiger charge is -2.25. The second kappa shape index (κ2) is 6.63. The molecule has 0 heterocycles. The maximum Gasteiger partial charge on any atom is 0.397 e. The summed E-state index contributed by atoms with van der Waals surface area (Å²) in [5.41, 5.74) is 0.237. The quantitative estimate of drug-likeness (QED) is 0.629. The molecule has 1 rings (SSSR count). The topological polar surface area (TPSA) is 18.8 Å². The fourth-order valence-electron chi connectivity index (χ4n) is 1.94. The van der Waals surface area contributed by atoms with E-state index in [-0.39, 0.29) is 12.1 Å². The molecule has 0 saturated carbocycles. The van der Waals surface area contributed by atoms with Crippen molar-refractivity contribution >= 4 is 5.96 Å². The van der Waals surface area contributed by atoms with Gasteiger partial charge in [0, 0.05) is 28.2 Å². The van der Waals surface area contributed by atoms with Crippen LogP contribution < -0.4 is 0 Å². The molecule has 0 fully saturated rings. The highest BCUT2D eigenvalue weighted by molar-refractivity contribution is 5.79. The van der Waals surface area contributed by atoms with Gasteiger partial charge in [0.25, 0.3) is 0 Å². The minimum atomic E-state index is -4.31. The second-order valence-corrected chi connectivity index (χ2v) is 4.93. The van der Waals surface area contributed by atoms with E-state index in [4.69, 9.17) is 0 Å². The van der Waals surface area contributed by atoms with Gasteiger partial charge in [0.1, 0.15) is 0 Å². The molecule has 20 heavy (non-hydrogen) atoms. The van der Waals surface area contributed by atoms with Crippen LogP contribution in [0.5, 0.6) is 0 Å². The van der Waals surface area contributed by atoms with E-state index >= 15 is 0 Å². The van der Waals surface area contributed by atoms with Gasteiger partial charge in [0.05, 0.1) is 12.5 Å². The number of alkyl halides is 3. The molecule has 0 aliphatic heterocycles. The Morgan fingerprint density at radius 3 is 1.95 bits per heavy atom. The van der Waals surface area contributed by atoms with Crippen molar-refractivity contribution in [3.05, 3.63) is 35.9 Å². The molecule has 0 N–H and O–H groups in total. The standard InChI is InChI=1S/C14H20F3N3/c1-19(2)13(20(3)4)18-10-12(14(15,16)17)11-8-6-5-7-9-11/h5-9,12H,10H2,1-4H3. The van der Waals surface area contributed by atoms with Crippen LogP contribution in [0.2, 0.25) is 0 Å². The van der Waals surface area contributed by atoms with Crippen molar-refractivity contribution < 1.29 is 13.2 Å². The highest BCUT2D eigenvalue weighted by atomic mass is 19.4. The zero-order chi connectivity index (χ0) is 15.3. The highest BCUT2D eigenvalue weighted by Crippen LogP contribution is 2.34. The molecule has 0 aliphatic carbocycles. The Balaban J connectivity index is 3.01. The first-order valence-electron chi connectivity index (χ1n) is 6.24. The molecule has 0 amide bonds. The van der Waals surface area contributed by atoms with Gasteiger partial charge in [-0.05, 0) is 5.56 Å². The number of hydrogen-bond donors (Lipinski definition) is 0. The summed E-state index contributed by atoms with van der Waals surface area (Å²) in [7, 11) is 7.02. The normalized spacial score (nSPS) is 12.8. The Kier molecular flexibility index (Phi) is 5.42. The summed E-state index contributed by atoms with van der Waals surface area (Å²) in [5, 5.41) is 0. The number of benzene rings is 1. The first-order valence-corrected chi connectivity index (χ1v) is 6.24. The molecule has 1 aromatic rings. The van der Waals surface area contributed by atoms with Crippen molar-refractivity contribution in [2.75, 3.05) is 34.7 Å². The molecule has 0 radical (unpaired) electrons. The summed E-state index contributed by atoms with van der Waals surface area (Å²) >= 11 is 0. The Hall–Kier alpha value is -1.72. The molecule has 0 aliphatic rings. The molecular formula is C14H20F3N3. The van der Waals surface area contributed by atoms with Crippen molar-refractivity contribution in [1.29, 1.82) is 0 Å². The molecule has 112 valence electrons. The third kappa shape index (κ3) is 4.43. The lowest BCUT2D eigenvalue weighted by Crippen LogP contribution is -2.36. The van der Waals surface area contributed by atoms with E-state index in [1.54, 1.807) is 56.2 Å². The zero-order valence-corrected chi connectivity index (χ0v) is 12.1. The van der Waals surface area contributed by atoms with Gasteiger partial charge in [0.15, 0.2) is 5.96 Å².